The zero-order chi connectivity index (χ0) is 14.5. The van der Waals surface area contributed by atoms with E-state index in [0.717, 1.165) is 12.4 Å². The largest absolute Gasteiger partial charge is 0.384 e. The van der Waals surface area contributed by atoms with Crippen molar-refractivity contribution >= 4 is 11.8 Å². The molecule has 1 aromatic rings. The van der Waals surface area contributed by atoms with E-state index in [0.29, 0.717) is 6.61 Å². The smallest absolute Gasteiger partial charge is 0.0715 e. The highest BCUT2D eigenvalue weighted by Gasteiger charge is 2.00. The summed E-state index contributed by atoms with van der Waals surface area (Å²) in [5.41, 5.74) is 2.55. The van der Waals surface area contributed by atoms with Crippen LogP contribution in [-0.4, -0.2) is 26.6 Å². The van der Waals surface area contributed by atoms with Gasteiger partial charge in [0.2, 0.25) is 0 Å². The Bertz CT molecular complexity index is 325. The Balaban J connectivity index is 0.000000711. The van der Waals surface area contributed by atoms with Gasteiger partial charge in [-0.25, -0.2) is 0 Å². The summed E-state index contributed by atoms with van der Waals surface area (Å²) < 4.78 is 10.1. The Hall–Kier alpha value is -0.510. The maximum Gasteiger partial charge on any atom is 0.0715 e. The van der Waals surface area contributed by atoms with E-state index in [4.69, 9.17) is 9.47 Å². The van der Waals surface area contributed by atoms with Crippen LogP contribution in [0, 0.1) is 6.92 Å². The quantitative estimate of drug-likeness (QED) is 0.535. The van der Waals surface area contributed by atoms with Crippen LogP contribution in [0.15, 0.2) is 23.1 Å². The number of ether oxygens (including phenoxy) is 2. The summed E-state index contributed by atoms with van der Waals surface area (Å²) in [5.74, 6) is 1.000. The normalized spacial score (nSPS) is 9.95. The SMILES string of the molecule is CCCC.COCCSc1ccc(COC)c(C)c1. The van der Waals surface area contributed by atoms with E-state index in [1.807, 2.05) is 11.8 Å². The van der Waals surface area contributed by atoms with Gasteiger partial charge in [-0.1, -0.05) is 32.8 Å². The van der Waals surface area contributed by atoms with Crippen molar-refractivity contribution in [1.29, 1.82) is 0 Å². The third-order valence-corrected chi connectivity index (χ3v) is 3.63. The van der Waals surface area contributed by atoms with Crippen LogP contribution in [0.2, 0.25) is 0 Å². The third kappa shape index (κ3) is 9.09. The lowest BCUT2D eigenvalue weighted by molar-refractivity contribution is 0.184. The van der Waals surface area contributed by atoms with Gasteiger partial charge in [-0.05, 0) is 30.2 Å². The van der Waals surface area contributed by atoms with Gasteiger partial charge in [0.05, 0.1) is 13.2 Å². The summed E-state index contributed by atoms with van der Waals surface area (Å²) in [6.07, 6.45) is 2.64. The van der Waals surface area contributed by atoms with Gasteiger partial charge < -0.3 is 9.47 Å². The third-order valence-electron chi connectivity index (χ3n) is 2.67. The van der Waals surface area contributed by atoms with Crippen LogP contribution in [0.3, 0.4) is 0 Å². The van der Waals surface area contributed by atoms with Crippen molar-refractivity contribution in [2.45, 2.75) is 45.1 Å². The maximum atomic E-state index is 5.12. The minimum atomic E-state index is 0.689. The molecule has 0 atom stereocenters. The summed E-state index contributed by atoms with van der Waals surface area (Å²) in [7, 11) is 3.45. The Morgan fingerprint density at radius 1 is 1.05 bits per heavy atom. The first-order valence-electron chi connectivity index (χ1n) is 6.89. The summed E-state index contributed by atoms with van der Waals surface area (Å²) in [5, 5.41) is 0. The fourth-order valence-corrected chi connectivity index (χ4v) is 2.23. The highest BCUT2D eigenvalue weighted by molar-refractivity contribution is 7.99. The molecule has 3 heteroatoms. The van der Waals surface area contributed by atoms with Crippen molar-refractivity contribution in [3.8, 4) is 0 Å². The van der Waals surface area contributed by atoms with E-state index in [-0.39, 0.29) is 0 Å². The molecular formula is C16H28O2S. The lowest BCUT2D eigenvalue weighted by Gasteiger charge is -2.07. The van der Waals surface area contributed by atoms with Gasteiger partial charge in [0.25, 0.3) is 0 Å². The Morgan fingerprint density at radius 2 is 1.74 bits per heavy atom. The number of hydrogen-bond donors (Lipinski definition) is 0. The van der Waals surface area contributed by atoms with Crippen molar-refractivity contribution in [2.24, 2.45) is 0 Å². The number of rotatable bonds is 7. The molecule has 0 aliphatic rings. The molecule has 0 aromatic heterocycles. The van der Waals surface area contributed by atoms with Gasteiger partial charge in [0.15, 0.2) is 0 Å². The lowest BCUT2D eigenvalue weighted by atomic mass is 10.1. The molecule has 0 radical (unpaired) electrons. The fourth-order valence-electron chi connectivity index (χ4n) is 1.32. The van der Waals surface area contributed by atoms with Gasteiger partial charge in [-0.2, -0.15) is 0 Å². The Labute approximate surface area is 122 Å². The number of thioether (sulfide) groups is 1. The van der Waals surface area contributed by atoms with Crippen LogP contribution in [-0.2, 0) is 16.1 Å². The number of unbranched alkanes of at least 4 members (excludes halogenated alkanes) is 1. The number of hydrogen-bond acceptors (Lipinski definition) is 3. The fraction of sp³-hybridized carbons (Fsp3) is 0.625. The molecular weight excluding hydrogens is 256 g/mol. The molecule has 0 bridgehead atoms. The van der Waals surface area contributed by atoms with Crippen LogP contribution in [0.25, 0.3) is 0 Å². The van der Waals surface area contributed by atoms with Gasteiger partial charge >= 0.3 is 0 Å². The molecule has 0 saturated heterocycles. The zero-order valence-electron chi connectivity index (χ0n) is 13.0. The second-order valence-corrected chi connectivity index (χ2v) is 5.53. The predicted octanol–water partition coefficient (Wildman–Crippen LogP) is 4.69. The first-order valence-corrected chi connectivity index (χ1v) is 7.88. The van der Waals surface area contributed by atoms with Crippen molar-refractivity contribution in [3.63, 3.8) is 0 Å². The Kier molecular flexibility index (Phi) is 12.2. The molecule has 19 heavy (non-hydrogen) atoms. The predicted molar refractivity (Wildman–Crippen MR) is 85.1 cm³/mol. The van der Waals surface area contributed by atoms with E-state index in [9.17, 15) is 0 Å². The first kappa shape index (κ1) is 18.5. The summed E-state index contributed by atoms with van der Waals surface area (Å²) in [6.45, 7) is 7.97. The second kappa shape index (κ2) is 12.5. The van der Waals surface area contributed by atoms with E-state index in [2.05, 4.69) is 39.0 Å². The highest BCUT2D eigenvalue weighted by Crippen LogP contribution is 2.21. The first-order chi connectivity index (χ1) is 9.19. The van der Waals surface area contributed by atoms with Crippen LogP contribution >= 0.6 is 11.8 Å². The minimum absolute atomic E-state index is 0.689. The summed E-state index contributed by atoms with van der Waals surface area (Å²) in [4.78, 5) is 1.30. The molecule has 0 aliphatic carbocycles. The second-order valence-electron chi connectivity index (χ2n) is 4.36. The van der Waals surface area contributed by atoms with Gasteiger partial charge in [0, 0.05) is 24.9 Å². The topological polar surface area (TPSA) is 18.5 Å². The molecule has 2 nitrogen and oxygen atoms in total. The molecule has 0 amide bonds. The van der Waals surface area contributed by atoms with Crippen molar-refractivity contribution in [3.05, 3.63) is 29.3 Å². The van der Waals surface area contributed by atoms with Crippen molar-refractivity contribution < 1.29 is 9.47 Å². The molecule has 0 heterocycles. The number of aryl methyl sites for hydroxylation is 1. The van der Waals surface area contributed by atoms with Crippen molar-refractivity contribution in [2.75, 3.05) is 26.6 Å². The lowest BCUT2D eigenvalue weighted by Crippen LogP contribution is -1.94. The summed E-state index contributed by atoms with van der Waals surface area (Å²) in [6, 6.07) is 6.48. The number of methoxy groups -OCH3 is 2. The molecule has 0 saturated carbocycles. The average molecular weight is 284 g/mol. The molecule has 0 aliphatic heterocycles. The summed E-state index contributed by atoms with van der Waals surface area (Å²) >= 11 is 1.82. The van der Waals surface area contributed by atoms with Crippen LogP contribution < -0.4 is 0 Å². The molecule has 1 aromatic carbocycles. The zero-order valence-corrected chi connectivity index (χ0v) is 13.8. The highest BCUT2D eigenvalue weighted by atomic mass is 32.2. The molecule has 1 rings (SSSR count). The van der Waals surface area contributed by atoms with Gasteiger partial charge in [-0.3, -0.25) is 0 Å². The van der Waals surface area contributed by atoms with Crippen LogP contribution in [0.5, 0.6) is 0 Å². The molecule has 0 spiro atoms. The minimum Gasteiger partial charge on any atom is -0.384 e. The van der Waals surface area contributed by atoms with Crippen molar-refractivity contribution in [1.82, 2.24) is 0 Å². The van der Waals surface area contributed by atoms with Gasteiger partial charge in [-0.15, -0.1) is 11.8 Å². The maximum absolute atomic E-state index is 5.12. The standard InChI is InChI=1S/C12H18O2S.C4H10/c1-10-8-12(15-7-6-13-2)5-4-11(10)9-14-3;1-3-4-2/h4-5,8H,6-7,9H2,1-3H3;3-4H2,1-2H3. The van der Waals surface area contributed by atoms with E-state index in [1.165, 1.54) is 28.9 Å². The van der Waals surface area contributed by atoms with Gasteiger partial charge in [0.1, 0.15) is 0 Å². The average Bonchev–Trinajstić information content (AvgIpc) is 2.42. The molecule has 110 valence electrons. The molecule has 0 unspecified atom stereocenters. The van der Waals surface area contributed by atoms with Crippen LogP contribution in [0.4, 0.5) is 0 Å². The van der Waals surface area contributed by atoms with E-state index < -0.39 is 0 Å². The molecule has 0 fully saturated rings. The van der Waals surface area contributed by atoms with E-state index in [1.54, 1.807) is 14.2 Å². The Morgan fingerprint density at radius 3 is 2.21 bits per heavy atom. The van der Waals surface area contributed by atoms with E-state index >= 15 is 0 Å². The monoisotopic (exact) mass is 284 g/mol. The number of benzene rings is 1. The van der Waals surface area contributed by atoms with Crippen LogP contribution in [0.1, 0.15) is 37.8 Å². The molecule has 0 N–H and O–H groups in total.